The molecule has 2 aliphatic heterocycles. The van der Waals surface area contributed by atoms with Crippen LogP contribution >= 0.6 is 7.60 Å². The van der Waals surface area contributed by atoms with Crippen molar-refractivity contribution in [1.82, 2.24) is 5.32 Å². The van der Waals surface area contributed by atoms with E-state index in [-0.39, 0.29) is 47.2 Å². The molecule has 0 aromatic heterocycles. The quantitative estimate of drug-likeness (QED) is 0.302. The molecule has 3 rings (SSSR count). The number of carbonyl (C=O) groups is 1. The number of rotatable bonds is 5. The van der Waals surface area contributed by atoms with E-state index in [0.717, 1.165) is 0 Å². The maximum absolute atomic E-state index is 13.9. The van der Waals surface area contributed by atoms with Gasteiger partial charge in [0.1, 0.15) is 0 Å². The third kappa shape index (κ3) is 4.31. The van der Waals surface area contributed by atoms with Gasteiger partial charge in [0, 0.05) is 28.9 Å². The first-order valence-electron chi connectivity index (χ1n) is 10.0. The third-order valence-corrected chi connectivity index (χ3v) is 7.89. The number of allylic oxidation sites excluding steroid dienone is 3. The molecular formula is C21H27N2O7P. The van der Waals surface area contributed by atoms with E-state index in [9.17, 15) is 19.5 Å². The first-order chi connectivity index (χ1) is 14.6. The highest BCUT2D eigenvalue weighted by Gasteiger charge is 2.48. The molecule has 0 bridgehead atoms. The first-order valence-corrected chi connectivity index (χ1v) is 11.5. The third-order valence-electron chi connectivity index (χ3n) is 5.73. The van der Waals surface area contributed by atoms with E-state index in [2.05, 4.69) is 5.32 Å². The van der Waals surface area contributed by atoms with E-state index >= 15 is 0 Å². The summed E-state index contributed by atoms with van der Waals surface area (Å²) in [7, 11) is -2.63. The maximum Gasteiger partial charge on any atom is 0.360 e. The van der Waals surface area contributed by atoms with Crippen LogP contribution in [0.5, 0.6) is 0 Å². The Hall–Kier alpha value is -2.48. The lowest BCUT2D eigenvalue weighted by Crippen LogP contribution is -2.32. The lowest BCUT2D eigenvalue weighted by molar-refractivity contribution is -0.385. The summed E-state index contributed by atoms with van der Waals surface area (Å²) in [6, 6.07) is 6.07. The molecule has 1 aromatic carbocycles. The number of dihydropyridines is 1. The fourth-order valence-corrected chi connectivity index (χ4v) is 6.10. The van der Waals surface area contributed by atoms with Crippen LogP contribution in [-0.2, 0) is 23.1 Å². The monoisotopic (exact) mass is 450 g/mol. The summed E-state index contributed by atoms with van der Waals surface area (Å²) in [6.07, 6.45) is 0. The number of para-hydroxylation sites is 1. The Balaban J connectivity index is 2.20. The summed E-state index contributed by atoms with van der Waals surface area (Å²) in [5, 5.41) is 15.0. The number of nitrogens with one attached hydrogen (secondary N) is 1. The number of hydrogen-bond acceptors (Lipinski definition) is 8. The number of benzene rings is 1. The van der Waals surface area contributed by atoms with Gasteiger partial charge in [0.15, 0.2) is 0 Å². The molecule has 0 saturated carbocycles. The first kappa shape index (κ1) is 23.2. The molecule has 0 spiro atoms. The van der Waals surface area contributed by atoms with Gasteiger partial charge in [0.2, 0.25) is 0 Å². The average molecular weight is 450 g/mol. The summed E-state index contributed by atoms with van der Waals surface area (Å²) < 4.78 is 30.5. The predicted octanol–water partition coefficient (Wildman–Crippen LogP) is 4.47. The van der Waals surface area contributed by atoms with Gasteiger partial charge in [-0.2, -0.15) is 0 Å². The number of hydrogen-bond donors (Lipinski definition) is 1. The molecule has 10 heteroatoms. The van der Waals surface area contributed by atoms with Gasteiger partial charge in [0.05, 0.1) is 42.1 Å². The van der Waals surface area contributed by atoms with Crippen LogP contribution in [0.3, 0.4) is 0 Å². The Morgan fingerprint density at radius 3 is 2.39 bits per heavy atom. The second-order valence-electron chi connectivity index (χ2n) is 8.01. The van der Waals surface area contributed by atoms with Gasteiger partial charge < -0.3 is 19.1 Å². The van der Waals surface area contributed by atoms with Crippen LogP contribution in [0, 0.1) is 22.0 Å². The molecule has 2 aliphatic rings. The van der Waals surface area contributed by atoms with Gasteiger partial charge in [-0.05, 0) is 19.8 Å². The summed E-state index contributed by atoms with van der Waals surface area (Å²) in [5.74, 6) is -1.35. The van der Waals surface area contributed by atoms with Gasteiger partial charge >= 0.3 is 13.6 Å². The van der Waals surface area contributed by atoms with E-state index in [1.54, 1.807) is 26.0 Å². The largest absolute Gasteiger partial charge is 0.466 e. The number of nitro groups is 1. The second-order valence-corrected chi connectivity index (χ2v) is 10.0. The Bertz CT molecular complexity index is 1000. The lowest BCUT2D eigenvalue weighted by atomic mass is 9.85. The Morgan fingerprint density at radius 2 is 1.84 bits per heavy atom. The van der Waals surface area contributed by atoms with Crippen molar-refractivity contribution in [3.05, 3.63) is 62.2 Å². The van der Waals surface area contributed by atoms with Crippen LogP contribution < -0.4 is 5.32 Å². The molecule has 0 radical (unpaired) electrons. The zero-order valence-corrected chi connectivity index (χ0v) is 19.1. The van der Waals surface area contributed by atoms with E-state index in [0.29, 0.717) is 11.4 Å². The Kier molecular flexibility index (Phi) is 6.69. The van der Waals surface area contributed by atoms with Crippen molar-refractivity contribution < 1.29 is 28.1 Å². The van der Waals surface area contributed by atoms with Crippen molar-refractivity contribution in [3.63, 3.8) is 0 Å². The molecule has 1 atom stereocenters. The molecule has 31 heavy (non-hydrogen) atoms. The standard InChI is InChI=1S/C21H27N2O7P/c1-12(2)15-10-29-31(27,30-11-15)20-14(4)22-13(3)18(21(24)28-5)19(20)16-8-6-7-9-17(16)23(25)26/h6-9,12,15,19,22H,10-11H2,1-5H3. The zero-order chi connectivity index (χ0) is 22.9. The van der Waals surface area contributed by atoms with Crippen molar-refractivity contribution in [2.75, 3.05) is 20.3 Å². The summed E-state index contributed by atoms with van der Waals surface area (Å²) in [5.41, 5.74) is 1.08. The molecule has 2 heterocycles. The van der Waals surface area contributed by atoms with Crippen LogP contribution in [-0.4, -0.2) is 31.2 Å². The summed E-state index contributed by atoms with van der Waals surface area (Å²) >= 11 is 0. The SMILES string of the molecule is COC(=O)C1=C(C)NC(C)=C(P2(=O)OCC(C(C)C)CO2)C1c1ccccc1[N+](=O)[O-]. The average Bonchev–Trinajstić information content (AvgIpc) is 2.72. The van der Waals surface area contributed by atoms with Crippen LogP contribution in [0.2, 0.25) is 0 Å². The van der Waals surface area contributed by atoms with Crippen LogP contribution in [0.15, 0.2) is 46.5 Å². The number of nitrogens with zero attached hydrogens (tertiary/aromatic N) is 1. The minimum atomic E-state index is -3.86. The van der Waals surface area contributed by atoms with Crippen molar-refractivity contribution in [2.24, 2.45) is 11.8 Å². The molecule has 1 N–H and O–H groups in total. The summed E-state index contributed by atoms with van der Waals surface area (Å²) in [4.78, 5) is 24.0. The second kappa shape index (κ2) is 8.94. The minimum absolute atomic E-state index is 0.0707. The number of nitro benzene ring substituents is 1. The van der Waals surface area contributed by atoms with Crippen molar-refractivity contribution >= 4 is 19.3 Å². The topological polar surface area (TPSA) is 117 Å². The van der Waals surface area contributed by atoms with Gasteiger partial charge in [0.25, 0.3) is 5.69 Å². The highest BCUT2D eigenvalue weighted by atomic mass is 31.2. The highest BCUT2D eigenvalue weighted by molar-refractivity contribution is 7.58. The summed E-state index contributed by atoms with van der Waals surface area (Å²) in [6.45, 7) is 7.87. The van der Waals surface area contributed by atoms with Gasteiger partial charge in [-0.25, -0.2) is 4.79 Å². The van der Waals surface area contributed by atoms with Crippen molar-refractivity contribution in [1.29, 1.82) is 0 Å². The molecule has 9 nitrogen and oxygen atoms in total. The highest BCUT2D eigenvalue weighted by Crippen LogP contribution is 2.66. The van der Waals surface area contributed by atoms with Crippen LogP contribution in [0.4, 0.5) is 5.69 Å². The molecular weight excluding hydrogens is 423 g/mol. The molecule has 1 saturated heterocycles. The minimum Gasteiger partial charge on any atom is -0.466 e. The van der Waals surface area contributed by atoms with Gasteiger partial charge in [-0.3, -0.25) is 14.7 Å². The normalized spacial score (nSPS) is 26.6. The number of carbonyl (C=O) groups excluding carboxylic acids is 1. The van der Waals surface area contributed by atoms with Gasteiger partial charge in [-0.15, -0.1) is 0 Å². The number of esters is 1. The fraction of sp³-hybridized carbons (Fsp3) is 0.476. The molecule has 0 amide bonds. The number of ether oxygens (including phenoxy) is 1. The van der Waals surface area contributed by atoms with E-state index < -0.39 is 24.4 Å². The van der Waals surface area contributed by atoms with Crippen LogP contribution in [0.1, 0.15) is 39.2 Å². The van der Waals surface area contributed by atoms with E-state index in [1.807, 2.05) is 13.8 Å². The Morgan fingerprint density at radius 1 is 1.23 bits per heavy atom. The van der Waals surface area contributed by atoms with Gasteiger partial charge in [-0.1, -0.05) is 32.0 Å². The molecule has 1 aromatic rings. The number of methoxy groups -OCH3 is 1. The predicted molar refractivity (Wildman–Crippen MR) is 114 cm³/mol. The molecule has 0 aliphatic carbocycles. The Labute approximate surface area is 181 Å². The lowest BCUT2D eigenvalue weighted by Gasteiger charge is -2.38. The molecule has 1 fully saturated rings. The van der Waals surface area contributed by atoms with E-state index in [1.165, 1.54) is 19.2 Å². The van der Waals surface area contributed by atoms with E-state index in [4.69, 9.17) is 13.8 Å². The smallest absolute Gasteiger partial charge is 0.360 e. The fourth-order valence-electron chi connectivity index (χ4n) is 3.92. The maximum atomic E-state index is 13.9. The molecule has 168 valence electrons. The molecule has 1 unspecified atom stereocenters. The zero-order valence-electron chi connectivity index (χ0n) is 18.2. The van der Waals surface area contributed by atoms with Crippen molar-refractivity contribution in [3.8, 4) is 0 Å². The van der Waals surface area contributed by atoms with Crippen molar-refractivity contribution in [2.45, 2.75) is 33.6 Å². The van der Waals surface area contributed by atoms with Crippen LogP contribution in [0.25, 0.3) is 0 Å².